The highest BCUT2D eigenvalue weighted by Gasteiger charge is 2.31. The van der Waals surface area contributed by atoms with Crippen LogP contribution in [-0.4, -0.2) is 31.6 Å². The number of carbonyl (C=O) groups is 1. The maximum atomic E-state index is 11.1. The lowest BCUT2D eigenvalue weighted by Crippen LogP contribution is -2.27. The van der Waals surface area contributed by atoms with Crippen molar-refractivity contribution in [2.45, 2.75) is 37.5 Å². The molecule has 2 aliphatic heterocycles. The largest absolute Gasteiger partial charge is 0.481 e. The summed E-state index contributed by atoms with van der Waals surface area (Å²) in [7, 11) is 0. The maximum Gasteiger partial charge on any atom is 0.308 e. The van der Waals surface area contributed by atoms with Crippen molar-refractivity contribution in [3.05, 3.63) is 11.6 Å². The first-order valence-electron chi connectivity index (χ1n) is 6.02. The van der Waals surface area contributed by atoms with Crippen molar-refractivity contribution in [1.29, 1.82) is 0 Å². The second-order valence-corrected chi connectivity index (χ2v) is 5.97. The number of nitrogens with zero attached hydrogens (tertiary/aromatic N) is 3. The fraction of sp³-hybridized carbons (Fsp3) is 0.727. The molecule has 3 heterocycles. The molecule has 3 rings (SSSR count). The Morgan fingerprint density at radius 1 is 1.41 bits per heavy atom. The van der Waals surface area contributed by atoms with E-state index in [-0.39, 0.29) is 5.92 Å². The number of carboxylic acids is 1. The first kappa shape index (κ1) is 11.1. The fourth-order valence-electron chi connectivity index (χ4n) is 2.57. The molecule has 2 unspecified atom stereocenters. The zero-order chi connectivity index (χ0) is 11.8. The summed E-state index contributed by atoms with van der Waals surface area (Å²) in [6, 6.07) is 0. The van der Waals surface area contributed by atoms with Gasteiger partial charge in [-0.1, -0.05) is 0 Å². The Kier molecular flexibility index (Phi) is 2.82. The molecule has 6 heteroatoms. The Bertz CT molecular complexity index is 440. The van der Waals surface area contributed by atoms with Gasteiger partial charge >= 0.3 is 5.97 Å². The number of fused-ring (bicyclic) bond motifs is 1. The summed E-state index contributed by atoms with van der Waals surface area (Å²) in [5.74, 6) is 2.16. The lowest BCUT2D eigenvalue weighted by atomic mass is 9.99. The molecule has 0 aliphatic carbocycles. The monoisotopic (exact) mass is 253 g/mol. The topological polar surface area (TPSA) is 68.0 Å². The van der Waals surface area contributed by atoms with E-state index in [1.54, 1.807) is 0 Å². The molecule has 2 aliphatic rings. The molecule has 5 nitrogen and oxygen atoms in total. The predicted octanol–water partition coefficient (Wildman–Crippen LogP) is 1.49. The fourth-order valence-corrected chi connectivity index (χ4v) is 3.84. The second kappa shape index (κ2) is 4.33. The number of aromatic nitrogens is 3. The predicted molar refractivity (Wildman–Crippen MR) is 63.9 cm³/mol. The average Bonchev–Trinajstić information content (AvgIpc) is 2.96. The molecule has 92 valence electrons. The first-order chi connectivity index (χ1) is 8.25. The van der Waals surface area contributed by atoms with Crippen LogP contribution in [0.3, 0.4) is 0 Å². The number of aliphatic carboxylic acids is 1. The van der Waals surface area contributed by atoms with Gasteiger partial charge in [0.25, 0.3) is 0 Å². The molecular weight excluding hydrogens is 238 g/mol. The van der Waals surface area contributed by atoms with Gasteiger partial charge in [0.2, 0.25) is 0 Å². The zero-order valence-corrected chi connectivity index (χ0v) is 10.3. The molecule has 0 amide bonds. The molecule has 0 spiro atoms. The third-order valence-electron chi connectivity index (χ3n) is 3.54. The molecule has 1 saturated heterocycles. The minimum Gasteiger partial charge on any atom is -0.481 e. The van der Waals surface area contributed by atoms with Crippen LogP contribution in [-0.2, 0) is 17.8 Å². The summed E-state index contributed by atoms with van der Waals surface area (Å²) < 4.78 is 2.05. The van der Waals surface area contributed by atoms with E-state index in [0.717, 1.165) is 24.5 Å². The van der Waals surface area contributed by atoms with Gasteiger partial charge in [0.1, 0.15) is 11.6 Å². The third kappa shape index (κ3) is 1.94. The van der Waals surface area contributed by atoms with E-state index in [0.29, 0.717) is 18.2 Å². The zero-order valence-electron chi connectivity index (χ0n) is 9.50. The number of hydrogen-bond acceptors (Lipinski definition) is 4. The van der Waals surface area contributed by atoms with Crippen LogP contribution in [0.5, 0.6) is 0 Å². The van der Waals surface area contributed by atoms with Gasteiger partial charge < -0.3 is 9.67 Å². The summed E-state index contributed by atoms with van der Waals surface area (Å²) in [5, 5.41) is 18.0. The van der Waals surface area contributed by atoms with E-state index < -0.39 is 5.97 Å². The summed E-state index contributed by atoms with van der Waals surface area (Å²) in [6.07, 6.45) is 3.78. The van der Waals surface area contributed by atoms with Crippen molar-refractivity contribution in [2.75, 3.05) is 5.75 Å². The minimum absolute atomic E-state index is 0.274. The van der Waals surface area contributed by atoms with Crippen molar-refractivity contribution < 1.29 is 9.90 Å². The standard InChI is InChI=1S/C11H15N3O2S/c15-11(16)7-3-4-9-12-13-10(14(9)6-7)8-2-1-5-17-8/h7-8H,1-6H2,(H,15,16). The van der Waals surface area contributed by atoms with E-state index in [9.17, 15) is 4.79 Å². The number of rotatable bonds is 2. The summed E-state index contributed by atoms with van der Waals surface area (Å²) >= 11 is 1.91. The summed E-state index contributed by atoms with van der Waals surface area (Å²) in [4.78, 5) is 11.1. The van der Waals surface area contributed by atoms with Crippen LogP contribution in [0.25, 0.3) is 0 Å². The van der Waals surface area contributed by atoms with Gasteiger partial charge in [-0.25, -0.2) is 0 Å². The molecule has 17 heavy (non-hydrogen) atoms. The maximum absolute atomic E-state index is 11.1. The van der Waals surface area contributed by atoms with Crippen LogP contribution in [0, 0.1) is 5.92 Å². The molecule has 1 aromatic rings. The Morgan fingerprint density at radius 3 is 3.00 bits per heavy atom. The van der Waals surface area contributed by atoms with Crippen LogP contribution in [0.1, 0.15) is 36.2 Å². The van der Waals surface area contributed by atoms with Crippen molar-refractivity contribution in [1.82, 2.24) is 14.8 Å². The SMILES string of the molecule is O=C(O)C1CCc2nnc(C3CCCS3)n2C1. The highest BCUT2D eigenvalue weighted by molar-refractivity contribution is 7.99. The summed E-state index contributed by atoms with van der Waals surface area (Å²) in [6.45, 7) is 0.546. The lowest BCUT2D eigenvalue weighted by Gasteiger charge is -2.22. The van der Waals surface area contributed by atoms with Crippen molar-refractivity contribution in [3.8, 4) is 0 Å². The number of thioether (sulfide) groups is 1. The van der Waals surface area contributed by atoms with E-state index in [2.05, 4.69) is 10.2 Å². The number of hydrogen-bond donors (Lipinski definition) is 1. The van der Waals surface area contributed by atoms with Gasteiger partial charge in [-0.3, -0.25) is 4.79 Å². The van der Waals surface area contributed by atoms with Crippen LogP contribution in [0.15, 0.2) is 0 Å². The third-order valence-corrected chi connectivity index (χ3v) is 4.92. The molecule has 0 bridgehead atoms. The molecule has 0 aromatic carbocycles. The van der Waals surface area contributed by atoms with E-state index >= 15 is 0 Å². The van der Waals surface area contributed by atoms with Gasteiger partial charge in [0, 0.05) is 13.0 Å². The molecule has 1 N–H and O–H groups in total. The van der Waals surface area contributed by atoms with Crippen LogP contribution >= 0.6 is 11.8 Å². The Balaban J connectivity index is 1.88. The molecular formula is C11H15N3O2S. The molecule has 0 radical (unpaired) electrons. The van der Waals surface area contributed by atoms with Gasteiger partial charge in [-0.2, -0.15) is 11.8 Å². The van der Waals surface area contributed by atoms with Crippen molar-refractivity contribution in [3.63, 3.8) is 0 Å². The van der Waals surface area contributed by atoms with Crippen molar-refractivity contribution >= 4 is 17.7 Å². The minimum atomic E-state index is -0.700. The Hall–Kier alpha value is -1.04. The summed E-state index contributed by atoms with van der Waals surface area (Å²) in [5.41, 5.74) is 0. The van der Waals surface area contributed by atoms with Gasteiger partial charge in [-0.05, 0) is 25.0 Å². The number of carboxylic acid groups (broad SMARTS) is 1. The van der Waals surface area contributed by atoms with Gasteiger partial charge in [0.05, 0.1) is 11.2 Å². The first-order valence-corrected chi connectivity index (χ1v) is 7.07. The van der Waals surface area contributed by atoms with E-state index in [4.69, 9.17) is 5.11 Å². The van der Waals surface area contributed by atoms with Crippen LogP contribution < -0.4 is 0 Å². The molecule has 1 fully saturated rings. The molecule has 0 saturated carbocycles. The molecule has 1 aromatic heterocycles. The highest BCUT2D eigenvalue weighted by Crippen LogP contribution is 2.40. The smallest absolute Gasteiger partial charge is 0.308 e. The number of aryl methyl sites for hydroxylation is 1. The highest BCUT2D eigenvalue weighted by atomic mass is 32.2. The molecule has 2 atom stereocenters. The van der Waals surface area contributed by atoms with E-state index in [1.165, 1.54) is 12.2 Å². The normalized spacial score (nSPS) is 28.0. The Labute approximate surface area is 104 Å². The Morgan fingerprint density at radius 2 is 2.29 bits per heavy atom. The van der Waals surface area contributed by atoms with Gasteiger partial charge in [-0.15, -0.1) is 10.2 Å². The second-order valence-electron chi connectivity index (χ2n) is 4.66. The van der Waals surface area contributed by atoms with Crippen LogP contribution in [0.2, 0.25) is 0 Å². The van der Waals surface area contributed by atoms with E-state index in [1.807, 2.05) is 16.3 Å². The van der Waals surface area contributed by atoms with Crippen molar-refractivity contribution in [2.24, 2.45) is 5.92 Å². The quantitative estimate of drug-likeness (QED) is 0.865. The average molecular weight is 253 g/mol. The van der Waals surface area contributed by atoms with Gasteiger partial charge in [0.15, 0.2) is 0 Å². The van der Waals surface area contributed by atoms with Crippen LogP contribution in [0.4, 0.5) is 0 Å². The lowest BCUT2D eigenvalue weighted by molar-refractivity contribution is -0.142.